The van der Waals surface area contributed by atoms with Crippen LogP contribution in [-0.4, -0.2) is 26.4 Å². The molecule has 2 aromatic rings. The fourth-order valence-electron chi connectivity index (χ4n) is 1.76. The van der Waals surface area contributed by atoms with Gasteiger partial charge in [0.2, 0.25) is 5.91 Å². The summed E-state index contributed by atoms with van der Waals surface area (Å²) in [6, 6.07) is 9.07. The van der Waals surface area contributed by atoms with Crippen molar-refractivity contribution in [1.29, 1.82) is 0 Å². The minimum atomic E-state index is -3.82. The molecule has 0 bridgehead atoms. The van der Waals surface area contributed by atoms with Gasteiger partial charge in [-0.3, -0.25) is 9.52 Å². The van der Waals surface area contributed by atoms with Crippen molar-refractivity contribution < 1.29 is 17.9 Å². The molecule has 7 nitrogen and oxygen atoms in total. The van der Waals surface area contributed by atoms with Crippen LogP contribution in [0.3, 0.4) is 0 Å². The first-order chi connectivity index (χ1) is 10.4. The average Bonchev–Trinajstić information content (AvgIpc) is 2.47. The van der Waals surface area contributed by atoms with Gasteiger partial charge in [0.15, 0.2) is 0 Å². The smallest absolute Gasteiger partial charge is 0.263 e. The summed E-state index contributed by atoms with van der Waals surface area (Å²) in [6.45, 7) is 1.33. The molecule has 1 aromatic carbocycles. The normalized spacial score (nSPS) is 10.8. The summed E-state index contributed by atoms with van der Waals surface area (Å²) in [7, 11) is -2.38. The molecule has 0 radical (unpaired) electrons. The number of methoxy groups -OCH3 is 1. The van der Waals surface area contributed by atoms with Crippen LogP contribution in [0, 0.1) is 0 Å². The molecule has 0 spiro atoms. The van der Waals surface area contributed by atoms with Crippen molar-refractivity contribution in [3.05, 3.63) is 42.6 Å². The van der Waals surface area contributed by atoms with E-state index < -0.39 is 10.0 Å². The molecule has 0 fully saturated rings. The van der Waals surface area contributed by atoms with E-state index >= 15 is 0 Å². The molecule has 8 heteroatoms. The van der Waals surface area contributed by atoms with E-state index in [1.165, 1.54) is 44.5 Å². The number of carbonyl (C=O) groups excluding carboxylic acids is 1. The molecular weight excluding hydrogens is 306 g/mol. The maximum absolute atomic E-state index is 12.3. The molecule has 1 heterocycles. The Morgan fingerprint density at radius 1 is 1.23 bits per heavy atom. The van der Waals surface area contributed by atoms with Crippen molar-refractivity contribution in [2.75, 3.05) is 17.1 Å². The Hall–Kier alpha value is -2.61. The van der Waals surface area contributed by atoms with E-state index in [-0.39, 0.29) is 22.3 Å². The highest BCUT2D eigenvalue weighted by molar-refractivity contribution is 7.92. The van der Waals surface area contributed by atoms with E-state index in [0.717, 1.165) is 0 Å². The number of benzene rings is 1. The number of amides is 1. The Kier molecular flexibility index (Phi) is 4.62. The first-order valence-corrected chi connectivity index (χ1v) is 7.80. The fourth-order valence-corrected chi connectivity index (χ4v) is 2.80. The van der Waals surface area contributed by atoms with Gasteiger partial charge < -0.3 is 10.1 Å². The molecule has 0 unspecified atom stereocenters. The molecule has 2 rings (SSSR count). The van der Waals surface area contributed by atoms with Gasteiger partial charge >= 0.3 is 0 Å². The van der Waals surface area contributed by atoms with Crippen molar-refractivity contribution in [2.45, 2.75) is 11.8 Å². The number of anilines is 2. The third kappa shape index (κ3) is 3.73. The summed E-state index contributed by atoms with van der Waals surface area (Å²) in [6.07, 6.45) is 1.48. The Morgan fingerprint density at radius 3 is 2.59 bits per heavy atom. The molecule has 22 heavy (non-hydrogen) atoms. The highest BCUT2D eigenvalue weighted by atomic mass is 32.2. The summed E-state index contributed by atoms with van der Waals surface area (Å²) in [5, 5.41) is 2.53. The molecule has 0 aliphatic rings. The Morgan fingerprint density at radius 2 is 2.00 bits per heavy atom. The fraction of sp³-hybridized carbons (Fsp3) is 0.143. The molecule has 2 N–H and O–H groups in total. The van der Waals surface area contributed by atoms with Crippen LogP contribution >= 0.6 is 0 Å². The minimum Gasteiger partial charge on any atom is -0.495 e. The molecule has 1 aromatic heterocycles. The summed E-state index contributed by atoms with van der Waals surface area (Å²) < 4.78 is 32.1. The van der Waals surface area contributed by atoms with Gasteiger partial charge in [-0.15, -0.1) is 0 Å². The summed E-state index contributed by atoms with van der Waals surface area (Å²) in [5.41, 5.74) is 0.277. The van der Waals surface area contributed by atoms with Gasteiger partial charge in [0.05, 0.1) is 17.7 Å². The van der Waals surface area contributed by atoms with Crippen molar-refractivity contribution in [1.82, 2.24) is 4.98 Å². The number of hydrogen-bond donors (Lipinski definition) is 2. The van der Waals surface area contributed by atoms with Crippen LogP contribution in [0.2, 0.25) is 0 Å². The largest absolute Gasteiger partial charge is 0.495 e. The number of ether oxygens (including phenoxy) is 1. The molecule has 0 aliphatic carbocycles. The molecular formula is C14H15N3O4S. The van der Waals surface area contributed by atoms with Crippen LogP contribution in [-0.2, 0) is 14.8 Å². The van der Waals surface area contributed by atoms with Gasteiger partial charge in [0.25, 0.3) is 10.0 Å². The van der Waals surface area contributed by atoms with Gasteiger partial charge in [-0.05, 0) is 30.3 Å². The van der Waals surface area contributed by atoms with Gasteiger partial charge in [-0.1, -0.05) is 6.07 Å². The lowest BCUT2D eigenvalue weighted by Gasteiger charge is -2.12. The number of nitrogens with one attached hydrogen (secondary N) is 2. The predicted octanol–water partition coefficient (Wildman–Crippen LogP) is 1.85. The molecule has 0 atom stereocenters. The van der Waals surface area contributed by atoms with Crippen molar-refractivity contribution in [3.8, 4) is 5.75 Å². The molecule has 0 saturated heterocycles. The van der Waals surface area contributed by atoms with E-state index in [1.807, 2.05) is 0 Å². The summed E-state index contributed by atoms with van der Waals surface area (Å²) in [4.78, 5) is 15.1. The van der Waals surface area contributed by atoms with Crippen LogP contribution in [0.5, 0.6) is 5.75 Å². The second-order valence-electron chi connectivity index (χ2n) is 4.36. The van der Waals surface area contributed by atoms with E-state index in [4.69, 9.17) is 4.74 Å². The van der Waals surface area contributed by atoms with Crippen LogP contribution in [0.4, 0.5) is 11.5 Å². The van der Waals surface area contributed by atoms with Crippen LogP contribution in [0.25, 0.3) is 0 Å². The number of carbonyl (C=O) groups is 1. The predicted molar refractivity (Wildman–Crippen MR) is 82.3 cm³/mol. The van der Waals surface area contributed by atoms with Crippen LogP contribution in [0.1, 0.15) is 6.92 Å². The second kappa shape index (κ2) is 6.44. The standard InChI is InChI=1S/C14H15N3O4S/c1-10(18)16-12-9-11(6-7-13(12)21-2)22(19,20)17-14-5-3-4-8-15-14/h3-9H,1-2H3,(H,15,17)(H,16,18). The van der Waals surface area contributed by atoms with Gasteiger partial charge in [-0.25, -0.2) is 13.4 Å². The lowest BCUT2D eigenvalue weighted by molar-refractivity contribution is -0.114. The average molecular weight is 321 g/mol. The lowest BCUT2D eigenvalue weighted by Crippen LogP contribution is -2.15. The lowest BCUT2D eigenvalue weighted by atomic mass is 10.3. The Bertz CT molecular complexity index is 776. The maximum atomic E-state index is 12.3. The first-order valence-electron chi connectivity index (χ1n) is 6.32. The third-order valence-corrected chi connectivity index (χ3v) is 4.05. The van der Waals surface area contributed by atoms with Crippen LogP contribution in [0.15, 0.2) is 47.5 Å². The van der Waals surface area contributed by atoms with Crippen molar-refractivity contribution >= 4 is 27.4 Å². The highest BCUT2D eigenvalue weighted by Crippen LogP contribution is 2.28. The monoisotopic (exact) mass is 321 g/mol. The SMILES string of the molecule is COc1ccc(S(=O)(=O)Nc2ccccn2)cc1NC(C)=O. The third-order valence-electron chi connectivity index (χ3n) is 2.70. The number of sulfonamides is 1. The Labute approximate surface area is 128 Å². The van der Waals surface area contributed by atoms with Gasteiger partial charge in [-0.2, -0.15) is 0 Å². The van der Waals surface area contributed by atoms with E-state index in [2.05, 4.69) is 15.0 Å². The first kappa shape index (κ1) is 15.8. The summed E-state index contributed by atoms with van der Waals surface area (Å²) >= 11 is 0. The van der Waals surface area contributed by atoms with Gasteiger partial charge in [0, 0.05) is 13.1 Å². The molecule has 116 valence electrons. The maximum Gasteiger partial charge on any atom is 0.263 e. The van der Waals surface area contributed by atoms with Gasteiger partial charge in [0.1, 0.15) is 11.6 Å². The quantitative estimate of drug-likeness (QED) is 0.876. The number of pyridine rings is 1. The van der Waals surface area contributed by atoms with E-state index in [9.17, 15) is 13.2 Å². The number of aromatic nitrogens is 1. The number of hydrogen-bond acceptors (Lipinski definition) is 5. The zero-order valence-electron chi connectivity index (χ0n) is 12.0. The second-order valence-corrected chi connectivity index (χ2v) is 6.05. The minimum absolute atomic E-state index is 0.0114. The van der Waals surface area contributed by atoms with E-state index in [0.29, 0.717) is 5.75 Å². The molecule has 1 amide bonds. The summed E-state index contributed by atoms with van der Waals surface area (Å²) in [5.74, 6) is 0.247. The van der Waals surface area contributed by atoms with Crippen molar-refractivity contribution in [2.24, 2.45) is 0 Å². The van der Waals surface area contributed by atoms with Crippen LogP contribution < -0.4 is 14.8 Å². The zero-order valence-corrected chi connectivity index (χ0v) is 12.8. The zero-order chi connectivity index (χ0) is 16.2. The number of nitrogens with zero attached hydrogens (tertiary/aromatic N) is 1. The van der Waals surface area contributed by atoms with Crippen molar-refractivity contribution in [3.63, 3.8) is 0 Å². The topological polar surface area (TPSA) is 97.4 Å². The van der Waals surface area contributed by atoms with E-state index in [1.54, 1.807) is 12.1 Å². The Balaban J connectivity index is 2.36. The molecule has 0 saturated carbocycles. The molecule has 0 aliphatic heterocycles. The highest BCUT2D eigenvalue weighted by Gasteiger charge is 2.17. The number of rotatable bonds is 5.